The number of aromatic nitrogens is 4. The molecule has 0 aliphatic carbocycles. The van der Waals surface area contributed by atoms with Crippen LogP contribution in [-0.2, 0) is 7.05 Å². The molecule has 30 heavy (non-hydrogen) atoms. The predicted molar refractivity (Wildman–Crippen MR) is 112 cm³/mol. The lowest BCUT2D eigenvalue weighted by Gasteiger charge is -2.25. The van der Waals surface area contributed by atoms with Crippen LogP contribution in [0.1, 0.15) is 51.0 Å². The number of aromatic amines is 1. The maximum Gasteiger partial charge on any atom is 0.192 e. The Kier molecular flexibility index (Phi) is 5.38. The summed E-state index contributed by atoms with van der Waals surface area (Å²) >= 11 is 1.29. The number of fused-ring (bicyclic) bond motifs is 1. The first-order chi connectivity index (χ1) is 14.4. The molecular formula is C21H22N4O4S. The number of hydrogen-bond donors (Lipinski definition) is 1. The molecule has 3 heterocycles. The van der Waals surface area contributed by atoms with Crippen molar-refractivity contribution in [2.24, 2.45) is 7.05 Å². The van der Waals surface area contributed by atoms with E-state index < -0.39 is 0 Å². The smallest absolute Gasteiger partial charge is 0.192 e. The number of Topliss-reactive ketones (excluding diaryl/α,β-unsaturated/α-hetero) is 2. The van der Waals surface area contributed by atoms with Gasteiger partial charge in [-0.15, -0.1) is 10.2 Å². The Bertz CT molecular complexity index is 1130. The lowest BCUT2D eigenvalue weighted by atomic mass is 10.1. The fourth-order valence-electron chi connectivity index (χ4n) is 3.64. The summed E-state index contributed by atoms with van der Waals surface area (Å²) in [5.41, 5.74) is 2.45. The van der Waals surface area contributed by atoms with Gasteiger partial charge in [-0.25, -0.2) is 0 Å². The minimum absolute atomic E-state index is 0.0535. The van der Waals surface area contributed by atoms with Gasteiger partial charge in [0.1, 0.15) is 6.61 Å². The Labute approximate surface area is 178 Å². The van der Waals surface area contributed by atoms with Crippen molar-refractivity contribution in [2.75, 3.05) is 12.4 Å². The van der Waals surface area contributed by atoms with Gasteiger partial charge in [-0.05, 0) is 38.5 Å². The number of hydrogen-bond acceptors (Lipinski definition) is 7. The summed E-state index contributed by atoms with van der Waals surface area (Å²) in [5.74, 6) is 2.03. The Morgan fingerprint density at radius 2 is 1.97 bits per heavy atom. The zero-order valence-electron chi connectivity index (χ0n) is 17.2. The van der Waals surface area contributed by atoms with E-state index in [-0.39, 0.29) is 23.4 Å². The summed E-state index contributed by atoms with van der Waals surface area (Å²) in [4.78, 5) is 27.6. The molecule has 8 nitrogen and oxygen atoms in total. The Morgan fingerprint density at radius 3 is 2.67 bits per heavy atom. The first-order valence-corrected chi connectivity index (χ1v) is 10.5. The highest BCUT2D eigenvalue weighted by atomic mass is 32.2. The number of carbonyl (C=O) groups excluding carboxylic acids is 2. The second kappa shape index (κ2) is 7.98. The SMILES string of the molecule is CC(=O)c1c(C)[nH]c(C(=O)CSc2nnc([C@H]3COc4ccccc4O3)n2C)c1C. The normalized spacial score (nSPS) is 15.3. The summed E-state index contributed by atoms with van der Waals surface area (Å²) in [6.07, 6.45) is -0.381. The number of aryl methyl sites for hydroxylation is 1. The number of H-pyrrole nitrogens is 1. The van der Waals surface area contributed by atoms with E-state index >= 15 is 0 Å². The van der Waals surface area contributed by atoms with Crippen LogP contribution >= 0.6 is 11.8 Å². The highest BCUT2D eigenvalue weighted by molar-refractivity contribution is 7.99. The minimum Gasteiger partial charge on any atom is -0.485 e. The van der Waals surface area contributed by atoms with Crippen LogP contribution in [0, 0.1) is 13.8 Å². The zero-order chi connectivity index (χ0) is 21.4. The molecule has 0 amide bonds. The second-order valence-electron chi connectivity index (χ2n) is 7.16. The van der Waals surface area contributed by atoms with Crippen LogP contribution in [0.3, 0.4) is 0 Å². The second-order valence-corrected chi connectivity index (χ2v) is 8.10. The van der Waals surface area contributed by atoms with E-state index in [9.17, 15) is 9.59 Å². The topological polar surface area (TPSA) is 99.1 Å². The number of rotatable bonds is 6. The van der Waals surface area contributed by atoms with Gasteiger partial charge in [0.2, 0.25) is 0 Å². The highest BCUT2D eigenvalue weighted by Gasteiger charge is 2.28. The molecule has 4 rings (SSSR count). The lowest BCUT2D eigenvalue weighted by molar-refractivity contribution is 0.0825. The first kappa shape index (κ1) is 20.2. The molecular weight excluding hydrogens is 404 g/mol. The van der Waals surface area contributed by atoms with Crippen molar-refractivity contribution in [3.63, 3.8) is 0 Å². The maximum atomic E-state index is 12.7. The van der Waals surface area contributed by atoms with Gasteiger partial charge in [0.05, 0.1) is 11.4 Å². The van der Waals surface area contributed by atoms with Gasteiger partial charge in [-0.3, -0.25) is 9.59 Å². The number of carbonyl (C=O) groups is 2. The third-order valence-corrected chi connectivity index (χ3v) is 6.09. The van der Waals surface area contributed by atoms with E-state index in [2.05, 4.69) is 15.2 Å². The molecule has 9 heteroatoms. The predicted octanol–water partition coefficient (Wildman–Crippen LogP) is 3.45. The first-order valence-electron chi connectivity index (χ1n) is 9.50. The number of thioether (sulfide) groups is 1. The van der Waals surface area contributed by atoms with Crippen LogP contribution in [-0.4, -0.2) is 43.7 Å². The summed E-state index contributed by atoms with van der Waals surface area (Å²) in [6.45, 7) is 5.42. The molecule has 1 N–H and O–H groups in total. The van der Waals surface area contributed by atoms with Crippen molar-refractivity contribution in [1.82, 2.24) is 19.7 Å². The van der Waals surface area contributed by atoms with E-state index in [0.29, 0.717) is 51.6 Å². The average molecular weight is 426 g/mol. The summed E-state index contributed by atoms with van der Waals surface area (Å²) in [6, 6.07) is 7.48. The highest BCUT2D eigenvalue weighted by Crippen LogP contribution is 2.35. The van der Waals surface area contributed by atoms with Gasteiger partial charge in [-0.1, -0.05) is 23.9 Å². The molecule has 0 unspecified atom stereocenters. The van der Waals surface area contributed by atoms with Crippen LogP contribution < -0.4 is 9.47 Å². The minimum atomic E-state index is -0.381. The molecule has 1 aliphatic rings. The number of nitrogens with zero attached hydrogens (tertiary/aromatic N) is 3. The van der Waals surface area contributed by atoms with E-state index in [1.807, 2.05) is 35.9 Å². The van der Waals surface area contributed by atoms with Crippen molar-refractivity contribution in [1.29, 1.82) is 0 Å². The molecule has 1 aliphatic heterocycles. The largest absolute Gasteiger partial charge is 0.485 e. The van der Waals surface area contributed by atoms with Crippen molar-refractivity contribution in [3.8, 4) is 11.5 Å². The maximum absolute atomic E-state index is 12.7. The van der Waals surface area contributed by atoms with E-state index in [0.717, 1.165) is 0 Å². The Morgan fingerprint density at radius 1 is 1.23 bits per heavy atom. The fraction of sp³-hybridized carbons (Fsp3) is 0.333. The number of nitrogens with one attached hydrogen (secondary N) is 1. The molecule has 1 aromatic carbocycles. The number of para-hydroxylation sites is 2. The number of ketones is 2. The Hall–Kier alpha value is -3.07. The third-order valence-electron chi connectivity index (χ3n) is 5.07. The zero-order valence-corrected chi connectivity index (χ0v) is 18.0. The quantitative estimate of drug-likeness (QED) is 0.476. The van der Waals surface area contributed by atoms with Crippen molar-refractivity contribution >= 4 is 23.3 Å². The van der Waals surface area contributed by atoms with Crippen LogP contribution in [0.2, 0.25) is 0 Å². The molecule has 0 radical (unpaired) electrons. The molecule has 1 atom stereocenters. The van der Waals surface area contributed by atoms with Crippen LogP contribution in [0.5, 0.6) is 11.5 Å². The number of benzene rings is 1. The molecule has 156 valence electrons. The van der Waals surface area contributed by atoms with Gasteiger partial charge in [0.15, 0.2) is 40.2 Å². The van der Waals surface area contributed by atoms with Gasteiger partial charge >= 0.3 is 0 Å². The molecule has 0 saturated heterocycles. The average Bonchev–Trinajstić information content (AvgIpc) is 3.24. The Balaban J connectivity index is 1.46. The molecule has 3 aromatic rings. The van der Waals surface area contributed by atoms with Crippen LogP contribution in [0.15, 0.2) is 29.4 Å². The molecule has 0 spiro atoms. The standard InChI is InChI=1S/C21H22N4O4S/c1-11-18(13(3)26)12(2)22-19(11)14(27)10-30-21-24-23-20(25(21)4)17-9-28-15-7-5-6-8-16(15)29-17/h5-8,17,22H,9-10H2,1-4H3/t17-/m1/s1. The summed E-state index contributed by atoms with van der Waals surface area (Å²) in [5, 5.41) is 9.06. The van der Waals surface area contributed by atoms with E-state index in [1.54, 1.807) is 13.8 Å². The van der Waals surface area contributed by atoms with Crippen molar-refractivity contribution in [3.05, 3.63) is 52.6 Å². The van der Waals surface area contributed by atoms with Crippen LogP contribution in [0.25, 0.3) is 0 Å². The fourth-order valence-corrected chi connectivity index (χ4v) is 4.43. The van der Waals surface area contributed by atoms with Crippen molar-refractivity contribution in [2.45, 2.75) is 32.0 Å². The lowest BCUT2D eigenvalue weighted by Crippen LogP contribution is -2.24. The van der Waals surface area contributed by atoms with Gasteiger partial charge in [0, 0.05) is 18.3 Å². The number of ether oxygens (including phenoxy) is 2. The summed E-state index contributed by atoms with van der Waals surface area (Å²) < 4.78 is 13.6. The van der Waals surface area contributed by atoms with Gasteiger partial charge in [-0.2, -0.15) is 0 Å². The molecule has 0 bridgehead atoms. The van der Waals surface area contributed by atoms with Gasteiger partial charge < -0.3 is 19.0 Å². The molecule has 0 saturated carbocycles. The third kappa shape index (κ3) is 3.60. The van der Waals surface area contributed by atoms with E-state index in [4.69, 9.17) is 9.47 Å². The van der Waals surface area contributed by atoms with E-state index in [1.165, 1.54) is 18.7 Å². The molecule has 2 aromatic heterocycles. The molecule has 0 fully saturated rings. The van der Waals surface area contributed by atoms with Crippen LogP contribution in [0.4, 0.5) is 0 Å². The monoisotopic (exact) mass is 426 g/mol. The van der Waals surface area contributed by atoms with Crippen molar-refractivity contribution < 1.29 is 19.1 Å². The summed E-state index contributed by atoms with van der Waals surface area (Å²) in [7, 11) is 1.84. The van der Waals surface area contributed by atoms with Gasteiger partial charge in [0.25, 0.3) is 0 Å².